The van der Waals surface area contributed by atoms with Crippen LogP contribution in [-0.2, 0) is 14.2 Å². The molecule has 2 saturated heterocycles. The first-order valence-corrected chi connectivity index (χ1v) is 9.20. The van der Waals surface area contributed by atoms with Crippen molar-refractivity contribution >= 4 is 17.0 Å². The van der Waals surface area contributed by atoms with E-state index < -0.39 is 68.5 Å². The molecule has 0 spiro atoms. The molecule has 4 heterocycles. The second-order valence-corrected chi connectivity index (χ2v) is 7.12. The van der Waals surface area contributed by atoms with Crippen LogP contribution >= 0.6 is 0 Å². The zero-order chi connectivity index (χ0) is 21.6. The van der Waals surface area contributed by atoms with E-state index in [1.807, 2.05) is 0 Å². The summed E-state index contributed by atoms with van der Waals surface area (Å²) in [6, 6.07) is 0. The minimum absolute atomic E-state index is 0.138. The first kappa shape index (κ1) is 21.2. The van der Waals surface area contributed by atoms with E-state index in [0.29, 0.717) is 5.52 Å². The van der Waals surface area contributed by atoms with Crippen molar-refractivity contribution in [2.24, 2.45) is 0 Å². The number of aliphatic hydroxyl groups is 6. The average molecular weight is 429 g/mol. The summed E-state index contributed by atoms with van der Waals surface area (Å²) in [5, 5.41) is 59.8. The van der Waals surface area contributed by atoms with E-state index in [-0.39, 0.29) is 11.5 Å². The van der Waals surface area contributed by atoms with E-state index in [4.69, 9.17) is 19.9 Å². The molecule has 2 aliphatic rings. The van der Waals surface area contributed by atoms with Crippen molar-refractivity contribution in [2.75, 3.05) is 18.9 Å². The van der Waals surface area contributed by atoms with E-state index in [2.05, 4.69) is 15.0 Å². The Morgan fingerprint density at radius 2 is 1.67 bits per heavy atom. The minimum Gasteiger partial charge on any atom is -0.394 e. The summed E-state index contributed by atoms with van der Waals surface area (Å²) in [6.45, 7) is -1.18. The van der Waals surface area contributed by atoms with Gasteiger partial charge in [0.2, 0.25) is 0 Å². The molecule has 2 fully saturated rings. The van der Waals surface area contributed by atoms with Crippen LogP contribution in [0.15, 0.2) is 12.7 Å². The lowest BCUT2D eigenvalue weighted by molar-refractivity contribution is -0.318. The summed E-state index contributed by atoms with van der Waals surface area (Å²) in [7, 11) is 0. The molecular formula is C16H23N5O9. The monoisotopic (exact) mass is 429 g/mol. The number of anilines is 1. The quantitative estimate of drug-likeness (QED) is 0.240. The molecule has 0 aromatic carbocycles. The number of hydrogen-bond donors (Lipinski definition) is 7. The third-order valence-corrected chi connectivity index (χ3v) is 5.29. The van der Waals surface area contributed by atoms with E-state index in [1.54, 1.807) is 0 Å². The van der Waals surface area contributed by atoms with Gasteiger partial charge in [0, 0.05) is 0 Å². The Labute approximate surface area is 169 Å². The summed E-state index contributed by atoms with van der Waals surface area (Å²) in [5.41, 5.74) is 6.36. The average Bonchev–Trinajstić information content (AvgIpc) is 3.30. The topological polar surface area (TPSA) is 219 Å². The number of aliphatic hydroxyl groups excluding tert-OH is 6. The second kappa shape index (κ2) is 8.26. The zero-order valence-corrected chi connectivity index (χ0v) is 15.5. The molecule has 0 bridgehead atoms. The highest BCUT2D eigenvalue weighted by atomic mass is 16.7. The predicted octanol–water partition coefficient (Wildman–Crippen LogP) is -4.16. The Morgan fingerprint density at radius 1 is 0.933 bits per heavy atom. The van der Waals surface area contributed by atoms with E-state index in [1.165, 1.54) is 17.2 Å². The van der Waals surface area contributed by atoms with Crippen LogP contribution in [0.1, 0.15) is 6.23 Å². The highest BCUT2D eigenvalue weighted by Crippen LogP contribution is 2.35. The van der Waals surface area contributed by atoms with Gasteiger partial charge >= 0.3 is 0 Å². The fourth-order valence-electron chi connectivity index (χ4n) is 3.66. The molecule has 4 rings (SSSR count). The van der Waals surface area contributed by atoms with E-state index in [9.17, 15) is 30.6 Å². The minimum atomic E-state index is -1.67. The highest BCUT2D eigenvalue weighted by Gasteiger charge is 2.51. The predicted molar refractivity (Wildman–Crippen MR) is 95.4 cm³/mol. The molecular weight excluding hydrogens is 406 g/mol. The Bertz CT molecular complexity index is 882. The maximum Gasteiger partial charge on any atom is 0.187 e. The van der Waals surface area contributed by atoms with Crippen LogP contribution in [0.4, 0.5) is 5.82 Å². The number of nitrogens with zero attached hydrogens (tertiary/aromatic N) is 4. The number of imidazole rings is 1. The molecule has 0 saturated carbocycles. The maximum atomic E-state index is 10.8. The summed E-state index contributed by atoms with van der Waals surface area (Å²) >= 11 is 0. The van der Waals surface area contributed by atoms with Crippen molar-refractivity contribution in [2.45, 2.75) is 55.2 Å². The van der Waals surface area contributed by atoms with E-state index >= 15 is 0 Å². The summed E-state index contributed by atoms with van der Waals surface area (Å²) in [4.78, 5) is 12.0. The Morgan fingerprint density at radius 3 is 2.37 bits per heavy atom. The van der Waals surface area contributed by atoms with Crippen LogP contribution in [0.2, 0.25) is 0 Å². The third-order valence-electron chi connectivity index (χ3n) is 5.29. The van der Waals surface area contributed by atoms with Crippen molar-refractivity contribution in [3.63, 3.8) is 0 Å². The number of rotatable bonds is 5. The number of aromatic nitrogens is 4. The van der Waals surface area contributed by atoms with E-state index in [0.717, 1.165) is 0 Å². The normalized spacial score (nSPS) is 39.6. The lowest BCUT2D eigenvalue weighted by Gasteiger charge is -2.41. The van der Waals surface area contributed by atoms with Crippen molar-refractivity contribution in [1.29, 1.82) is 0 Å². The van der Waals surface area contributed by atoms with Crippen LogP contribution in [-0.4, -0.2) is 112 Å². The van der Waals surface area contributed by atoms with Crippen LogP contribution in [0.25, 0.3) is 11.2 Å². The summed E-state index contributed by atoms with van der Waals surface area (Å²) in [6.07, 6.45) is -9.68. The van der Waals surface area contributed by atoms with Gasteiger partial charge in [-0.25, -0.2) is 15.0 Å². The molecule has 0 amide bonds. The molecule has 8 N–H and O–H groups in total. The SMILES string of the molecule is Nc1ncnc2c1ncn2[C@@H]1O[C@H](CO)[C@@H](O[C@H]2O[C@H](CO)[C@@H](O)[C@H](O)[C@H]2O)[C@H]1O. The molecule has 2 aromatic heterocycles. The summed E-state index contributed by atoms with van der Waals surface area (Å²) in [5.74, 6) is 0.138. The van der Waals surface area contributed by atoms with Crippen molar-refractivity contribution in [1.82, 2.24) is 19.5 Å². The lowest BCUT2D eigenvalue weighted by atomic mass is 9.99. The highest BCUT2D eigenvalue weighted by molar-refractivity contribution is 5.81. The van der Waals surface area contributed by atoms with Gasteiger partial charge in [-0.05, 0) is 0 Å². The van der Waals surface area contributed by atoms with Crippen LogP contribution in [0, 0.1) is 0 Å². The number of hydrogen-bond acceptors (Lipinski definition) is 13. The summed E-state index contributed by atoms with van der Waals surface area (Å²) < 4.78 is 18.0. The van der Waals surface area contributed by atoms with Crippen LogP contribution in [0.3, 0.4) is 0 Å². The lowest BCUT2D eigenvalue weighted by Crippen LogP contribution is -2.60. The molecule has 30 heavy (non-hydrogen) atoms. The molecule has 0 unspecified atom stereocenters. The van der Waals surface area contributed by atoms with Gasteiger partial charge in [-0.2, -0.15) is 0 Å². The van der Waals surface area contributed by atoms with Gasteiger partial charge in [-0.15, -0.1) is 0 Å². The standard InChI is InChI=1S/C16H23N5O9/c17-13-7-14(19-3-18-13)21(4-20-7)15-11(27)12(6(2-23)28-15)30-16-10(26)9(25)8(24)5(1-22)29-16/h3-6,8-12,15-16,22-27H,1-2H2,(H2,17,18,19)/t5-,6-,8-,9+,10-,11-,12-,15-,16-/m1/s1. The number of nitrogens with two attached hydrogens (primary N) is 1. The molecule has 2 aliphatic heterocycles. The van der Waals surface area contributed by atoms with Crippen LogP contribution < -0.4 is 5.73 Å². The van der Waals surface area contributed by atoms with Gasteiger partial charge in [0.25, 0.3) is 0 Å². The van der Waals surface area contributed by atoms with Gasteiger partial charge in [0.15, 0.2) is 24.0 Å². The zero-order valence-electron chi connectivity index (χ0n) is 15.5. The molecule has 14 nitrogen and oxygen atoms in total. The third kappa shape index (κ3) is 3.41. The Hall–Kier alpha value is -2.01. The first-order valence-electron chi connectivity index (χ1n) is 9.20. The molecule has 166 valence electrons. The van der Waals surface area contributed by atoms with Gasteiger partial charge in [0.05, 0.1) is 19.5 Å². The number of nitrogen functional groups attached to an aromatic ring is 1. The number of fused-ring (bicyclic) bond motifs is 1. The van der Waals surface area contributed by atoms with Gasteiger partial charge in [-0.1, -0.05) is 0 Å². The second-order valence-electron chi connectivity index (χ2n) is 7.12. The Balaban J connectivity index is 1.57. The fraction of sp³-hybridized carbons (Fsp3) is 0.688. The van der Waals surface area contributed by atoms with Gasteiger partial charge < -0.3 is 50.6 Å². The largest absolute Gasteiger partial charge is 0.394 e. The van der Waals surface area contributed by atoms with Gasteiger partial charge in [-0.3, -0.25) is 4.57 Å². The van der Waals surface area contributed by atoms with Crippen molar-refractivity contribution < 1.29 is 44.8 Å². The molecule has 14 heteroatoms. The van der Waals surface area contributed by atoms with Gasteiger partial charge in [0.1, 0.15) is 54.6 Å². The molecule has 0 aliphatic carbocycles. The smallest absolute Gasteiger partial charge is 0.187 e. The first-order chi connectivity index (χ1) is 14.4. The maximum absolute atomic E-state index is 10.8. The van der Waals surface area contributed by atoms with Crippen molar-refractivity contribution in [3.05, 3.63) is 12.7 Å². The van der Waals surface area contributed by atoms with Crippen LogP contribution in [0.5, 0.6) is 0 Å². The molecule has 2 aromatic rings. The fourth-order valence-corrected chi connectivity index (χ4v) is 3.66. The van der Waals surface area contributed by atoms with Crippen molar-refractivity contribution in [3.8, 4) is 0 Å². The number of ether oxygens (including phenoxy) is 3. The molecule has 0 radical (unpaired) electrons. The Kier molecular flexibility index (Phi) is 5.84. The molecule has 9 atom stereocenters.